The van der Waals surface area contributed by atoms with Gasteiger partial charge in [-0.2, -0.15) is 5.10 Å². The van der Waals surface area contributed by atoms with Crippen molar-refractivity contribution in [2.75, 3.05) is 6.61 Å². The summed E-state index contributed by atoms with van der Waals surface area (Å²) in [7, 11) is 0. The van der Waals surface area contributed by atoms with Gasteiger partial charge in [0.25, 0.3) is 0 Å². The van der Waals surface area contributed by atoms with Gasteiger partial charge in [-0.25, -0.2) is 0 Å². The number of carbonyl (C=O) groups is 2. The van der Waals surface area contributed by atoms with Crippen LogP contribution in [0.1, 0.15) is 56.3 Å². The first-order valence-electron chi connectivity index (χ1n) is 6.88. The van der Waals surface area contributed by atoms with E-state index in [9.17, 15) is 9.59 Å². The molecular formula is C14H22N2O3. The Balaban J connectivity index is 2.31. The molecule has 0 aliphatic rings. The second kappa shape index (κ2) is 8.45. The summed E-state index contributed by atoms with van der Waals surface area (Å²) in [5, 5.41) is 4.09. The van der Waals surface area contributed by atoms with Crippen molar-refractivity contribution in [3.05, 3.63) is 18.0 Å². The Bertz CT molecular complexity index is 413. The molecule has 0 bridgehead atoms. The van der Waals surface area contributed by atoms with E-state index in [2.05, 4.69) is 12.0 Å². The highest BCUT2D eigenvalue weighted by atomic mass is 16.5. The molecule has 1 rings (SSSR count). The second-order valence-corrected chi connectivity index (χ2v) is 4.49. The maximum absolute atomic E-state index is 11.8. The van der Waals surface area contributed by atoms with Crippen molar-refractivity contribution in [1.82, 2.24) is 9.78 Å². The van der Waals surface area contributed by atoms with Crippen LogP contribution in [0.15, 0.2) is 12.4 Å². The van der Waals surface area contributed by atoms with Gasteiger partial charge in [0.05, 0.1) is 24.8 Å². The number of nitrogens with zero attached hydrogens (tertiary/aromatic N) is 2. The molecule has 0 radical (unpaired) electrons. The number of carbonyl (C=O) groups excluding carboxylic acids is 2. The number of ether oxygens (including phenoxy) is 1. The molecule has 1 aromatic rings. The number of hydrogen-bond donors (Lipinski definition) is 0. The lowest BCUT2D eigenvalue weighted by molar-refractivity contribution is -0.143. The number of aromatic nitrogens is 2. The van der Waals surface area contributed by atoms with Gasteiger partial charge < -0.3 is 4.74 Å². The zero-order valence-corrected chi connectivity index (χ0v) is 11.7. The van der Waals surface area contributed by atoms with E-state index < -0.39 is 0 Å². The van der Waals surface area contributed by atoms with Crippen LogP contribution in [0.25, 0.3) is 0 Å². The molecule has 0 amide bonds. The van der Waals surface area contributed by atoms with Gasteiger partial charge in [0.15, 0.2) is 5.78 Å². The first kappa shape index (κ1) is 15.4. The highest BCUT2D eigenvalue weighted by molar-refractivity contribution is 5.97. The monoisotopic (exact) mass is 266 g/mol. The maximum atomic E-state index is 11.8. The maximum Gasteiger partial charge on any atom is 0.306 e. The van der Waals surface area contributed by atoms with Gasteiger partial charge in [0.1, 0.15) is 0 Å². The fourth-order valence-electron chi connectivity index (χ4n) is 1.62. The lowest BCUT2D eigenvalue weighted by Crippen LogP contribution is -2.08. The Morgan fingerprint density at radius 2 is 2.05 bits per heavy atom. The van der Waals surface area contributed by atoms with Gasteiger partial charge in [-0.05, 0) is 12.8 Å². The first-order valence-corrected chi connectivity index (χ1v) is 6.88. The van der Waals surface area contributed by atoms with E-state index in [0.29, 0.717) is 12.2 Å². The molecule has 0 saturated carbocycles. The Labute approximate surface area is 113 Å². The van der Waals surface area contributed by atoms with Crippen molar-refractivity contribution in [3.63, 3.8) is 0 Å². The molecule has 0 aliphatic heterocycles. The predicted octanol–water partition coefficient (Wildman–Crippen LogP) is 2.60. The highest BCUT2D eigenvalue weighted by Crippen LogP contribution is 2.06. The van der Waals surface area contributed by atoms with Crippen molar-refractivity contribution in [2.45, 2.75) is 52.5 Å². The van der Waals surface area contributed by atoms with Gasteiger partial charge in [-0.3, -0.25) is 14.3 Å². The summed E-state index contributed by atoms with van der Waals surface area (Å²) in [4.78, 5) is 23.2. The fourth-order valence-corrected chi connectivity index (χ4v) is 1.62. The standard InChI is InChI=1S/C14H22N2O3/c1-3-5-9-19-14(18)7-6-13(17)12-10-15-16(11-12)8-4-2/h10-11H,3-9H2,1-2H3. The van der Waals surface area contributed by atoms with Crippen LogP contribution in [0.3, 0.4) is 0 Å². The SMILES string of the molecule is CCCCOC(=O)CCC(=O)c1cnn(CCC)c1. The van der Waals surface area contributed by atoms with Gasteiger partial charge >= 0.3 is 5.97 Å². The summed E-state index contributed by atoms with van der Waals surface area (Å²) < 4.78 is 6.74. The summed E-state index contributed by atoms with van der Waals surface area (Å²) in [5.41, 5.74) is 0.565. The number of rotatable bonds is 9. The minimum Gasteiger partial charge on any atom is -0.466 e. The molecule has 19 heavy (non-hydrogen) atoms. The normalized spacial score (nSPS) is 10.4. The Kier molecular flexibility index (Phi) is 6.85. The van der Waals surface area contributed by atoms with E-state index in [0.717, 1.165) is 25.8 Å². The number of unbranched alkanes of at least 4 members (excludes halogenated alkanes) is 1. The van der Waals surface area contributed by atoms with Crippen molar-refractivity contribution < 1.29 is 14.3 Å². The van der Waals surface area contributed by atoms with Crippen LogP contribution in [-0.4, -0.2) is 28.1 Å². The molecule has 0 spiro atoms. The number of aryl methyl sites for hydroxylation is 1. The minimum atomic E-state index is -0.303. The topological polar surface area (TPSA) is 61.2 Å². The van der Waals surface area contributed by atoms with E-state index in [1.807, 2.05) is 6.92 Å². The molecule has 0 N–H and O–H groups in total. The van der Waals surface area contributed by atoms with E-state index in [1.54, 1.807) is 17.1 Å². The van der Waals surface area contributed by atoms with Crippen LogP contribution in [0.5, 0.6) is 0 Å². The number of hydrogen-bond acceptors (Lipinski definition) is 4. The number of esters is 1. The lowest BCUT2D eigenvalue weighted by Gasteiger charge is -2.02. The quantitative estimate of drug-likeness (QED) is 0.391. The third-order valence-electron chi connectivity index (χ3n) is 2.73. The molecule has 0 saturated heterocycles. The average Bonchev–Trinajstić information content (AvgIpc) is 2.85. The first-order chi connectivity index (χ1) is 9.17. The second-order valence-electron chi connectivity index (χ2n) is 4.49. The Morgan fingerprint density at radius 3 is 2.74 bits per heavy atom. The summed E-state index contributed by atoms with van der Waals surface area (Å²) in [5.74, 6) is -0.363. The van der Waals surface area contributed by atoms with E-state index in [-0.39, 0.29) is 24.6 Å². The molecule has 0 fully saturated rings. The molecule has 106 valence electrons. The van der Waals surface area contributed by atoms with E-state index in [4.69, 9.17) is 4.74 Å². The van der Waals surface area contributed by atoms with E-state index >= 15 is 0 Å². The number of ketones is 1. The summed E-state index contributed by atoms with van der Waals surface area (Å²) in [6, 6.07) is 0. The van der Waals surface area contributed by atoms with Crippen LogP contribution in [0.2, 0.25) is 0 Å². The molecule has 1 aromatic heterocycles. The zero-order chi connectivity index (χ0) is 14.1. The smallest absolute Gasteiger partial charge is 0.306 e. The largest absolute Gasteiger partial charge is 0.466 e. The van der Waals surface area contributed by atoms with Crippen molar-refractivity contribution in [2.24, 2.45) is 0 Å². The fraction of sp³-hybridized carbons (Fsp3) is 0.643. The van der Waals surface area contributed by atoms with Crippen LogP contribution < -0.4 is 0 Å². The van der Waals surface area contributed by atoms with Gasteiger partial charge in [0, 0.05) is 19.2 Å². The highest BCUT2D eigenvalue weighted by Gasteiger charge is 2.11. The number of Topliss-reactive ketones (excluding diaryl/α,β-unsaturated/α-hetero) is 1. The Morgan fingerprint density at radius 1 is 1.26 bits per heavy atom. The molecule has 5 heteroatoms. The zero-order valence-electron chi connectivity index (χ0n) is 11.7. The van der Waals surface area contributed by atoms with E-state index in [1.165, 1.54) is 0 Å². The summed E-state index contributed by atoms with van der Waals surface area (Å²) in [6.07, 6.45) is 6.43. The molecular weight excluding hydrogens is 244 g/mol. The third-order valence-corrected chi connectivity index (χ3v) is 2.73. The van der Waals surface area contributed by atoms with Crippen LogP contribution in [0.4, 0.5) is 0 Å². The lowest BCUT2D eigenvalue weighted by atomic mass is 10.1. The molecule has 0 atom stereocenters. The Hall–Kier alpha value is -1.65. The summed E-state index contributed by atoms with van der Waals surface area (Å²) >= 11 is 0. The van der Waals surface area contributed by atoms with Crippen molar-refractivity contribution in [3.8, 4) is 0 Å². The van der Waals surface area contributed by atoms with Crippen molar-refractivity contribution in [1.29, 1.82) is 0 Å². The van der Waals surface area contributed by atoms with Gasteiger partial charge in [-0.1, -0.05) is 20.3 Å². The average molecular weight is 266 g/mol. The van der Waals surface area contributed by atoms with Crippen LogP contribution in [0, 0.1) is 0 Å². The summed E-state index contributed by atoms with van der Waals surface area (Å²) in [6.45, 7) is 5.32. The molecule has 5 nitrogen and oxygen atoms in total. The van der Waals surface area contributed by atoms with Crippen molar-refractivity contribution >= 4 is 11.8 Å². The molecule has 0 aliphatic carbocycles. The third kappa shape index (κ3) is 5.68. The van der Waals surface area contributed by atoms with Gasteiger partial charge in [-0.15, -0.1) is 0 Å². The molecule has 0 aromatic carbocycles. The van der Waals surface area contributed by atoms with Crippen LogP contribution in [-0.2, 0) is 16.1 Å². The van der Waals surface area contributed by atoms with Crippen LogP contribution >= 0.6 is 0 Å². The minimum absolute atomic E-state index is 0.0604. The molecule has 0 unspecified atom stereocenters. The molecule has 1 heterocycles. The van der Waals surface area contributed by atoms with Gasteiger partial charge in [0.2, 0.25) is 0 Å². The predicted molar refractivity (Wildman–Crippen MR) is 71.9 cm³/mol.